The Bertz CT molecular complexity index is 767. The van der Waals surface area contributed by atoms with Crippen molar-refractivity contribution in [2.75, 3.05) is 25.1 Å². The van der Waals surface area contributed by atoms with Crippen LogP contribution in [0, 0.1) is 13.8 Å². The number of aryl methyl sites for hydroxylation is 2. The third-order valence-corrected chi connectivity index (χ3v) is 4.05. The first-order valence-corrected chi connectivity index (χ1v) is 8.84. The van der Waals surface area contributed by atoms with Crippen molar-refractivity contribution in [3.8, 4) is 0 Å². The fourth-order valence-corrected chi connectivity index (χ4v) is 2.45. The van der Waals surface area contributed by atoms with Crippen LogP contribution in [0.4, 0.5) is 5.69 Å². The predicted molar refractivity (Wildman–Crippen MR) is 111 cm³/mol. The zero-order chi connectivity index (χ0) is 18.9. The van der Waals surface area contributed by atoms with Gasteiger partial charge in [-0.25, -0.2) is 0 Å². The van der Waals surface area contributed by atoms with Gasteiger partial charge >= 0.3 is 0 Å². The molecule has 2 rings (SSSR count). The van der Waals surface area contributed by atoms with Gasteiger partial charge in [0.15, 0.2) is 5.78 Å². The van der Waals surface area contributed by atoms with Gasteiger partial charge in [0.05, 0.1) is 6.54 Å². The molecule has 0 saturated carbocycles. The number of carbonyl (C=O) groups is 1. The average molecular weight is 372 g/mol. The number of benzene rings is 1. The quantitative estimate of drug-likeness (QED) is 0.267. The summed E-state index contributed by atoms with van der Waals surface area (Å²) < 4.78 is 0. The molecule has 0 saturated heterocycles. The van der Waals surface area contributed by atoms with Crippen LogP contribution in [0.5, 0.6) is 0 Å². The summed E-state index contributed by atoms with van der Waals surface area (Å²) in [4.78, 5) is 12.1. The fourth-order valence-electron chi connectivity index (χ4n) is 2.35. The predicted octanol–water partition coefficient (Wildman–Crippen LogP) is 2.30. The Balaban J connectivity index is 1.94. The van der Waals surface area contributed by atoms with Crippen molar-refractivity contribution in [1.29, 1.82) is 0 Å². The highest BCUT2D eigenvalue weighted by atomic mass is 32.1. The van der Waals surface area contributed by atoms with Crippen LogP contribution in [0.25, 0.3) is 0 Å². The molecule has 1 aromatic carbocycles. The Morgan fingerprint density at radius 2 is 2.19 bits per heavy atom. The van der Waals surface area contributed by atoms with E-state index in [2.05, 4.69) is 54.3 Å². The van der Waals surface area contributed by atoms with Crippen LogP contribution in [-0.4, -0.2) is 36.4 Å². The minimum Gasteiger partial charge on any atom is -0.382 e. The molecule has 1 aliphatic heterocycles. The number of nitrogens with one attached hydrogen (secondary N) is 2. The molecule has 0 fully saturated rings. The first kappa shape index (κ1) is 19.7. The molecule has 0 aromatic heterocycles. The van der Waals surface area contributed by atoms with Gasteiger partial charge in [-0.3, -0.25) is 9.80 Å². The van der Waals surface area contributed by atoms with E-state index in [0.29, 0.717) is 19.0 Å². The average Bonchev–Trinajstić information content (AvgIpc) is 2.77. The molecule has 0 unspecified atom stereocenters. The number of amidine groups is 1. The van der Waals surface area contributed by atoms with Crippen molar-refractivity contribution in [1.82, 2.24) is 10.3 Å². The van der Waals surface area contributed by atoms with Crippen LogP contribution in [0.2, 0.25) is 0 Å². The van der Waals surface area contributed by atoms with Gasteiger partial charge < -0.3 is 16.4 Å². The first-order chi connectivity index (χ1) is 12.5. The number of hydrazone groups is 1. The summed E-state index contributed by atoms with van der Waals surface area (Å²) >= 11 is 3.96. The monoisotopic (exact) mass is 371 g/mol. The largest absolute Gasteiger partial charge is 0.382 e. The third kappa shape index (κ3) is 6.33. The maximum Gasteiger partial charge on any atom is 0.178 e. The number of nitrogens with two attached hydrogens (primary N) is 1. The molecule has 4 N–H and O–H groups in total. The van der Waals surface area contributed by atoms with Crippen molar-refractivity contribution in [3.63, 3.8) is 0 Å². The summed E-state index contributed by atoms with van der Waals surface area (Å²) in [6, 6.07) is 6.20. The number of anilines is 1. The molecule has 1 aliphatic rings. The van der Waals surface area contributed by atoms with Gasteiger partial charge in [-0.05, 0) is 48.6 Å². The summed E-state index contributed by atoms with van der Waals surface area (Å²) in [7, 11) is 0. The van der Waals surface area contributed by atoms with Crippen LogP contribution in [-0.2, 0) is 4.79 Å². The second-order valence-electron chi connectivity index (χ2n) is 6.01. The van der Waals surface area contributed by atoms with Gasteiger partial charge in [-0.2, -0.15) is 17.7 Å². The Hall–Kier alpha value is -2.67. The van der Waals surface area contributed by atoms with Gasteiger partial charge in [0, 0.05) is 17.5 Å². The van der Waals surface area contributed by atoms with Gasteiger partial charge in [0.2, 0.25) is 0 Å². The van der Waals surface area contributed by atoms with Crippen LogP contribution in [0.15, 0.2) is 58.7 Å². The van der Waals surface area contributed by atoms with E-state index in [4.69, 9.17) is 5.73 Å². The number of allylic oxidation sites excluding steroid dienone is 2. The van der Waals surface area contributed by atoms with E-state index in [1.807, 2.05) is 6.07 Å². The van der Waals surface area contributed by atoms with Crippen LogP contribution in [0.3, 0.4) is 0 Å². The summed E-state index contributed by atoms with van der Waals surface area (Å²) in [5.41, 5.74) is 10.2. The second-order valence-corrected chi connectivity index (χ2v) is 6.31. The lowest BCUT2D eigenvalue weighted by Crippen LogP contribution is -2.33. The molecule has 0 spiro atoms. The normalized spacial score (nSPS) is 16.0. The molecule has 1 heterocycles. The fraction of sp³-hybridized carbons (Fsp3) is 0.263. The van der Waals surface area contributed by atoms with Gasteiger partial charge in [0.25, 0.3) is 0 Å². The highest BCUT2D eigenvalue weighted by molar-refractivity contribution is 7.83. The van der Waals surface area contributed by atoms with Crippen molar-refractivity contribution < 1.29 is 4.79 Å². The van der Waals surface area contributed by atoms with Crippen molar-refractivity contribution in [2.24, 2.45) is 10.8 Å². The minimum absolute atomic E-state index is 0.0253. The summed E-state index contributed by atoms with van der Waals surface area (Å²) in [5.74, 6) is 0.297. The lowest BCUT2D eigenvalue weighted by Gasteiger charge is -2.18. The topological polar surface area (TPSA) is 82.8 Å². The molecule has 138 valence electrons. The first-order valence-electron chi connectivity index (χ1n) is 8.33. The van der Waals surface area contributed by atoms with Crippen molar-refractivity contribution >= 4 is 29.9 Å². The number of hydrogen-bond acceptors (Lipinski definition) is 6. The van der Waals surface area contributed by atoms with Gasteiger partial charge in [-0.1, -0.05) is 18.2 Å². The number of hydrogen-bond donors (Lipinski definition) is 4. The molecule has 0 bridgehead atoms. The molecule has 6 nitrogen and oxygen atoms in total. The van der Waals surface area contributed by atoms with E-state index in [9.17, 15) is 4.79 Å². The maximum atomic E-state index is 12.1. The molecular weight excluding hydrogens is 346 g/mol. The van der Waals surface area contributed by atoms with Gasteiger partial charge in [-0.15, -0.1) is 0 Å². The highest BCUT2D eigenvalue weighted by Crippen LogP contribution is 2.14. The molecule has 7 heteroatoms. The summed E-state index contributed by atoms with van der Waals surface area (Å²) in [6.07, 6.45) is 6.72. The van der Waals surface area contributed by atoms with E-state index in [1.165, 1.54) is 11.1 Å². The molecule has 0 aliphatic carbocycles. The number of carbonyl (C=O) groups excluding carboxylic acids is 1. The van der Waals surface area contributed by atoms with Crippen molar-refractivity contribution in [3.05, 3.63) is 64.7 Å². The van der Waals surface area contributed by atoms with Crippen LogP contribution < -0.4 is 16.4 Å². The van der Waals surface area contributed by atoms with E-state index >= 15 is 0 Å². The van der Waals surface area contributed by atoms with Crippen LogP contribution in [0.1, 0.15) is 11.1 Å². The molecular formula is C19H25N5OS. The number of nitrogens with zero attached hydrogens (tertiary/aromatic N) is 2. The van der Waals surface area contributed by atoms with E-state index in [1.54, 1.807) is 34.7 Å². The number of ketones is 1. The summed E-state index contributed by atoms with van der Waals surface area (Å²) in [5, 5.41) is 14.0. The molecule has 0 amide bonds. The molecule has 0 radical (unpaired) electrons. The van der Waals surface area contributed by atoms with Crippen LogP contribution >= 0.6 is 12.6 Å². The molecule has 0 atom stereocenters. The molecule has 1 aromatic rings. The SMILES string of the molecule is Cc1ccc(NCC2=CC(=O)CN(/N=C(N)/C=C/C=C\S)CN2)cc1C. The van der Waals surface area contributed by atoms with Gasteiger partial charge in [0.1, 0.15) is 19.0 Å². The Labute approximate surface area is 159 Å². The van der Waals surface area contributed by atoms with E-state index < -0.39 is 0 Å². The highest BCUT2D eigenvalue weighted by Gasteiger charge is 2.13. The zero-order valence-corrected chi connectivity index (χ0v) is 16.0. The lowest BCUT2D eigenvalue weighted by molar-refractivity contribution is -0.115. The number of thiol groups is 1. The molecule has 26 heavy (non-hydrogen) atoms. The van der Waals surface area contributed by atoms with E-state index in [-0.39, 0.29) is 12.3 Å². The third-order valence-electron chi connectivity index (χ3n) is 3.87. The summed E-state index contributed by atoms with van der Waals surface area (Å²) in [6.45, 7) is 5.28. The smallest absolute Gasteiger partial charge is 0.178 e. The maximum absolute atomic E-state index is 12.1. The number of rotatable bonds is 6. The Kier molecular flexibility index (Phi) is 7.35. The Morgan fingerprint density at radius 3 is 2.92 bits per heavy atom. The lowest BCUT2D eigenvalue weighted by atomic mass is 10.1. The zero-order valence-electron chi connectivity index (χ0n) is 15.1. The minimum atomic E-state index is -0.0253. The Morgan fingerprint density at radius 1 is 1.38 bits per heavy atom. The van der Waals surface area contributed by atoms with Crippen molar-refractivity contribution in [2.45, 2.75) is 13.8 Å². The second kappa shape index (κ2) is 9.72. The van der Waals surface area contributed by atoms with E-state index in [0.717, 1.165) is 11.4 Å². The standard InChI is InChI=1S/C19H25N5OS/c1-14-6-7-16(9-15(14)2)21-11-17-10-18(25)12-24(13-22-17)23-19(20)5-3-4-8-26/h3-10,21-22,26H,11-13H2,1-2H3,(H2,20,23)/b5-3+,8-4-.